The normalized spacial score (nSPS) is 24.6. The molecule has 1 aliphatic carbocycles. The van der Waals surface area contributed by atoms with Gasteiger partial charge in [0, 0.05) is 18.7 Å². The van der Waals surface area contributed by atoms with Gasteiger partial charge in [0.1, 0.15) is 5.82 Å². The van der Waals surface area contributed by atoms with E-state index in [1.807, 2.05) is 13.0 Å². The van der Waals surface area contributed by atoms with Crippen LogP contribution in [0.1, 0.15) is 32.3 Å². The van der Waals surface area contributed by atoms with Crippen molar-refractivity contribution in [3.8, 4) is 0 Å². The van der Waals surface area contributed by atoms with Crippen molar-refractivity contribution < 1.29 is 9.13 Å². The van der Waals surface area contributed by atoms with E-state index in [1.165, 1.54) is 6.07 Å². The molecule has 0 aliphatic heterocycles. The zero-order chi connectivity index (χ0) is 13.0. The predicted octanol–water partition coefficient (Wildman–Crippen LogP) is 2.91. The number of rotatable bonds is 6. The number of nitrogens with one attached hydrogen (secondary N) is 1. The fourth-order valence-electron chi connectivity index (χ4n) is 2.55. The molecule has 0 heterocycles. The van der Waals surface area contributed by atoms with Crippen LogP contribution in [0.15, 0.2) is 24.3 Å². The molecule has 3 heteroatoms. The molecule has 18 heavy (non-hydrogen) atoms. The summed E-state index contributed by atoms with van der Waals surface area (Å²) < 4.78 is 18.6. The van der Waals surface area contributed by atoms with E-state index in [0.717, 1.165) is 31.4 Å². The van der Waals surface area contributed by atoms with Crippen LogP contribution in [0.25, 0.3) is 0 Å². The first kappa shape index (κ1) is 13.5. The van der Waals surface area contributed by atoms with Gasteiger partial charge in [0.25, 0.3) is 0 Å². The standard InChI is InChI=1S/C15H22FNO/c1-3-18-15-9-14(10-15)17-11(2)7-12-5-4-6-13(16)8-12/h4-6,8,11,14-15,17H,3,7,9-10H2,1-2H3. The van der Waals surface area contributed by atoms with E-state index >= 15 is 0 Å². The van der Waals surface area contributed by atoms with E-state index in [-0.39, 0.29) is 5.82 Å². The number of halogens is 1. The monoisotopic (exact) mass is 251 g/mol. The summed E-state index contributed by atoms with van der Waals surface area (Å²) in [5, 5.41) is 3.57. The summed E-state index contributed by atoms with van der Waals surface area (Å²) in [5.74, 6) is -0.153. The molecule has 0 amide bonds. The highest BCUT2D eigenvalue weighted by Gasteiger charge is 2.30. The predicted molar refractivity (Wildman–Crippen MR) is 71.1 cm³/mol. The van der Waals surface area contributed by atoms with Crippen molar-refractivity contribution in [3.05, 3.63) is 35.6 Å². The molecule has 1 saturated carbocycles. The molecule has 1 unspecified atom stereocenters. The lowest BCUT2D eigenvalue weighted by Crippen LogP contribution is -2.49. The Labute approximate surface area is 109 Å². The highest BCUT2D eigenvalue weighted by Crippen LogP contribution is 2.24. The van der Waals surface area contributed by atoms with Gasteiger partial charge >= 0.3 is 0 Å². The summed E-state index contributed by atoms with van der Waals surface area (Å²) in [5.41, 5.74) is 1.05. The van der Waals surface area contributed by atoms with E-state index < -0.39 is 0 Å². The van der Waals surface area contributed by atoms with Gasteiger partial charge in [-0.2, -0.15) is 0 Å². The molecule has 0 radical (unpaired) electrons. The first-order valence-corrected chi connectivity index (χ1v) is 6.79. The molecule has 2 rings (SSSR count). The van der Waals surface area contributed by atoms with Gasteiger partial charge in [-0.25, -0.2) is 4.39 Å². The highest BCUT2D eigenvalue weighted by molar-refractivity contribution is 5.17. The molecule has 1 aromatic carbocycles. The van der Waals surface area contributed by atoms with Crippen molar-refractivity contribution in [1.29, 1.82) is 0 Å². The van der Waals surface area contributed by atoms with E-state index in [2.05, 4.69) is 12.2 Å². The third-order valence-corrected chi connectivity index (χ3v) is 3.45. The third kappa shape index (κ3) is 3.79. The lowest BCUT2D eigenvalue weighted by Gasteiger charge is -2.37. The fraction of sp³-hybridized carbons (Fsp3) is 0.600. The molecule has 1 aliphatic rings. The molecular formula is C15H22FNO. The van der Waals surface area contributed by atoms with Crippen LogP contribution in [0, 0.1) is 5.82 Å². The molecular weight excluding hydrogens is 229 g/mol. The van der Waals surface area contributed by atoms with Gasteiger partial charge in [-0.05, 0) is 50.8 Å². The van der Waals surface area contributed by atoms with Crippen LogP contribution in [0.2, 0.25) is 0 Å². The van der Waals surface area contributed by atoms with E-state index in [4.69, 9.17) is 4.74 Å². The van der Waals surface area contributed by atoms with Crippen LogP contribution < -0.4 is 5.32 Å². The topological polar surface area (TPSA) is 21.3 Å². The Balaban J connectivity index is 1.71. The van der Waals surface area contributed by atoms with Crippen molar-refractivity contribution in [1.82, 2.24) is 5.32 Å². The van der Waals surface area contributed by atoms with Gasteiger partial charge in [0.15, 0.2) is 0 Å². The first-order chi connectivity index (χ1) is 8.67. The number of hydrogen-bond acceptors (Lipinski definition) is 2. The van der Waals surface area contributed by atoms with E-state index in [0.29, 0.717) is 18.2 Å². The average Bonchev–Trinajstić information content (AvgIpc) is 2.26. The quantitative estimate of drug-likeness (QED) is 0.839. The fourth-order valence-corrected chi connectivity index (χ4v) is 2.55. The number of ether oxygens (including phenoxy) is 1. The zero-order valence-corrected chi connectivity index (χ0v) is 11.2. The van der Waals surface area contributed by atoms with Gasteiger partial charge in [-0.3, -0.25) is 0 Å². The third-order valence-electron chi connectivity index (χ3n) is 3.45. The summed E-state index contributed by atoms with van der Waals surface area (Å²) in [4.78, 5) is 0. The largest absolute Gasteiger partial charge is 0.378 e. The number of benzene rings is 1. The lowest BCUT2D eigenvalue weighted by molar-refractivity contribution is -0.0119. The van der Waals surface area contributed by atoms with E-state index in [1.54, 1.807) is 12.1 Å². The Bertz CT molecular complexity index is 377. The van der Waals surface area contributed by atoms with Gasteiger partial charge in [0.2, 0.25) is 0 Å². The smallest absolute Gasteiger partial charge is 0.123 e. The minimum absolute atomic E-state index is 0.153. The van der Waals surface area contributed by atoms with Crippen LogP contribution >= 0.6 is 0 Å². The van der Waals surface area contributed by atoms with Gasteiger partial charge in [-0.15, -0.1) is 0 Å². The molecule has 1 N–H and O–H groups in total. The molecule has 0 aromatic heterocycles. The minimum Gasteiger partial charge on any atom is -0.378 e. The van der Waals surface area contributed by atoms with Crippen LogP contribution in [0.5, 0.6) is 0 Å². The molecule has 0 spiro atoms. The maximum atomic E-state index is 13.1. The molecule has 100 valence electrons. The Morgan fingerprint density at radius 2 is 2.22 bits per heavy atom. The summed E-state index contributed by atoms with van der Waals surface area (Å²) in [7, 11) is 0. The van der Waals surface area contributed by atoms with Crippen molar-refractivity contribution in [2.45, 2.75) is 51.3 Å². The summed E-state index contributed by atoms with van der Waals surface area (Å²) in [6.07, 6.45) is 3.50. The number of hydrogen-bond donors (Lipinski definition) is 1. The van der Waals surface area contributed by atoms with Crippen molar-refractivity contribution in [2.24, 2.45) is 0 Å². The summed E-state index contributed by atoms with van der Waals surface area (Å²) >= 11 is 0. The zero-order valence-electron chi connectivity index (χ0n) is 11.2. The van der Waals surface area contributed by atoms with Gasteiger partial charge < -0.3 is 10.1 Å². The lowest BCUT2D eigenvalue weighted by atomic mass is 9.88. The average molecular weight is 251 g/mol. The van der Waals surface area contributed by atoms with Crippen molar-refractivity contribution >= 4 is 0 Å². The van der Waals surface area contributed by atoms with Crippen LogP contribution in [0.3, 0.4) is 0 Å². The second-order valence-corrected chi connectivity index (χ2v) is 5.15. The second kappa shape index (κ2) is 6.30. The Hall–Kier alpha value is -0.930. The highest BCUT2D eigenvalue weighted by atomic mass is 19.1. The molecule has 2 nitrogen and oxygen atoms in total. The van der Waals surface area contributed by atoms with Gasteiger partial charge in [-0.1, -0.05) is 12.1 Å². The molecule has 0 saturated heterocycles. The van der Waals surface area contributed by atoms with Crippen LogP contribution in [-0.2, 0) is 11.2 Å². The maximum absolute atomic E-state index is 13.1. The van der Waals surface area contributed by atoms with Crippen LogP contribution in [-0.4, -0.2) is 24.8 Å². The maximum Gasteiger partial charge on any atom is 0.123 e. The molecule has 1 fully saturated rings. The molecule has 0 bridgehead atoms. The van der Waals surface area contributed by atoms with Gasteiger partial charge in [0.05, 0.1) is 6.10 Å². The molecule has 1 aromatic rings. The Kier molecular flexibility index (Phi) is 4.72. The minimum atomic E-state index is -0.153. The molecule has 1 atom stereocenters. The Morgan fingerprint density at radius 3 is 2.89 bits per heavy atom. The van der Waals surface area contributed by atoms with Crippen molar-refractivity contribution in [3.63, 3.8) is 0 Å². The summed E-state index contributed by atoms with van der Waals surface area (Å²) in [6, 6.07) is 7.78. The van der Waals surface area contributed by atoms with Crippen LogP contribution in [0.4, 0.5) is 4.39 Å². The Morgan fingerprint density at radius 1 is 1.44 bits per heavy atom. The summed E-state index contributed by atoms with van der Waals surface area (Å²) in [6.45, 7) is 4.99. The van der Waals surface area contributed by atoms with E-state index in [9.17, 15) is 4.39 Å². The SMILES string of the molecule is CCOC1CC(NC(C)Cc2cccc(F)c2)C1. The second-order valence-electron chi connectivity index (χ2n) is 5.15. The van der Waals surface area contributed by atoms with Crippen molar-refractivity contribution in [2.75, 3.05) is 6.61 Å². The first-order valence-electron chi connectivity index (χ1n) is 6.79.